The number of furan rings is 1. The molecule has 1 aliphatic heterocycles. The van der Waals surface area contributed by atoms with E-state index in [9.17, 15) is 0 Å². The standard InChI is InChI=1S/C17H23N5OS/c1-12-7-13(2)10-21(9-12)16-19-20-17(24-14(3)8-18)22(16)11-15-5-4-6-23-15/h4-6,12-14H,7,9-11H2,1-3H3. The fraction of sp³-hybridized carbons (Fsp3) is 0.588. The van der Waals surface area contributed by atoms with Crippen LogP contribution in [0.2, 0.25) is 0 Å². The minimum Gasteiger partial charge on any atom is -0.467 e. The number of anilines is 1. The van der Waals surface area contributed by atoms with Crippen LogP contribution in [0, 0.1) is 23.2 Å². The third-order valence-electron chi connectivity index (χ3n) is 4.21. The summed E-state index contributed by atoms with van der Waals surface area (Å²) in [6.07, 6.45) is 2.92. The Bertz CT molecular complexity index is 695. The molecule has 0 aromatic carbocycles. The minimum atomic E-state index is -0.170. The van der Waals surface area contributed by atoms with E-state index < -0.39 is 0 Å². The Labute approximate surface area is 146 Å². The molecule has 3 unspecified atom stereocenters. The summed E-state index contributed by atoms with van der Waals surface area (Å²) in [5.41, 5.74) is 0. The summed E-state index contributed by atoms with van der Waals surface area (Å²) in [4.78, 5) is 2.32. The zero-order valence-electron chi connectivity index (χ0n) is 14.3. The number of hydrogen-bond donors (Lipinski definition) is 0. The molecule has 0 aliphatic carbocycles. The van der Waals surface area contributed by atoms with Crippen LogP contribution in [0.1, 0.15) is 33.0 Å². The fourth-order valence-corrected chi connectivity index (χ4v) is 4.04. The highest BCUT2D eigenvalue weighted by Gasteiger charge is 2.27. The van der Waals surface area contributed by atoms with E-state index >= 15 is 0 Å². The average Bonchev–Trinajstić information content (AvgIpc) is 3.17. The van der Waals surface area contributed by atoms with Gasteiger partial charge in [-0.25, -0.2) is 0 Å². The number of aromatic nitrogens is 3. The van der Waals surface area contributed by atoms with Crippen molar-refractivity contribution < 1.29 is 4.42 Å². The van der Waals surface area contributed by atoms with Crippen molar-refractivity contribution in [3.8, 4) is 6.07 Å². The fourth-order valence-electron chi connectivity index (χ4n) is 3.31. The van der Waals surface area contributed by atoms with Crippen molar-refractivity contribution in [2.45, 2.75) is 44.1 Å². The van der Waals surface area contributed by atoms with E-state index in [1.165, 1.54) is 18.2 Å². The Hall–Kier alpha value is -1.94. The van der Waals surface area contributed by atoms with Crippen LogP contribution >= 0.6 is 11.8 Å². The molecule has 1 aliphatic rings. The molecule has 7 heteroatoms. The lowest BCUT2D eigenvalue weighted by atomic mass is 9.92. The van der Waals surface area contributed by atoms with E-state index in [0.29, 0.717) is 18.4 Å². The molecule has 0 radical (unpaired) electrons. The molecule has 1 saturated heterocycles. The molecular weight excluding hydrogens is 322 g/mol. The first kappa shape index (κ1) is 16.9. The third kappa shape index (κ3) is 3.75. The molecule has 2 aromatic rings. The minimum absolute atomic E-state index is 0.170. The molecule has 3 atom stereocenters. The smallest absolute Gasteiger partial charge is 0.228 e. The molecule has 3 heterocycles. The first-order valence-corrected chi connectivity index (χ1v) is 9.21. The quantitative estimate of drug-likeness (QED) is 0.774. The van der Waals surface area contributed by atoms with Crippen molar-refractivity contribution in [2.24, 2.45) is 11.8 Å². The lowest BCUT2D eigenvalue weighted by Crippen LogP contribution is -2.40. The van der Waals surface area contributed by atoms with Gasteiger partial charge >= 0.3 is 0 Å². The molecular formula is C17H23N5OS. The summed E-state index contributed by atoms with van der Waals surface area (Å²) in [6, 6.07) is 6.08. The summed E-state index contributed by atoms with van der Waals surface area (Å²) >= 11 is 1.44. The van der Waals surface area contributed by atoms with E-state index in [4.69, 9.17) is 9.68 Å². The molecule has 1 fully saturated rings. The van der Waals surface area contributed by atoms with Crippen molar-refractivity contribution in [1.82, 2.24) is 14.8 Å². The van der Waals surface area contributed by atoms with E-state index in [-0.39, 0.29) is 5.25 Å². The summed E-state index contributed by atoms with van der Waals surface area (Å²) in [7, 11) is 0. The van der Waals surface area contributed by atoms with Gasteiger partial charge in [-0.3, -0.25) is 4.57 Å². The van der Waals surface area contributed by atoms with E-state index in [1.54, 1.807) is 6.26 Å². The first-order chi connectivity index (χ1) is 11.6. The topological polar surface area (TPSA) is 70.9 Å². The maximum atomic E-state index is 9.11. The van der Waals surface area contributed by atoms with Crippen LogP contribution in [0.4, 0.5) is 5.95 Å². The second kappa shape index (κ2) is 7.31. The maximum Gasteiger partial charge on any atom is 0.228 e. The zero-order valence-corrected chi connectivity index (χ0v) is 15.2. The van der Waals surface area contributed by atoms with E-state index in [0.717, 1.165) is 30.0 Å². The molecule has 0 saturated carbocycles. The molecule has 128 valence electrons. The van der Waals surface area contributed by atoms with Gasteiger partial charge in [-0.1, -0.05) is 25.6 Å². The first-order valence-electron chi connectivity index (χ1n) is 8.33. The SMILES string of the molecule is CC1CC(C)CN(c2nnc(SC(C)C#N)n2Cc2ccco2)C1. The van der Waals surface area contributed by atoms with Crippen LogP contribution in [0.25, 0.3) is 0 Å². The van der Waals surface area contributed by atoms with Gasteiger partial charge in [-0.15, -0.1) is 10.2 Å². The summed E-state index contributed by atoms with van der Waals surface area (Å²) in [6.45, 7) is 8.99. The van der Waals surface area contributed by atoms with Crippen molar-refractivity contribution in [3.63, 3.8) is 0 Å². The zero-order chi connectivity index (χ0) is 17.1. The average molecular weight is 345 g/mol. The number of nitriles is 1. The molecule has 24 heavy (non-hydrogen) atoms. The predicted octanol–water partition coefficient (Wildman–Crippen LogP) is 3.41. The Morgan fingerprint density at radius 3 is 2.75 bits per heavy atom. The molecule has 0 amide bonds. The van der Waals surface area contributed by atoms with Gasteiger partial charge < -0.3 is 9.32 Å². The molecule has 0 bridgehead atoms. The lowest BCUT2D eigenvalue weighted by molar-refractivity contribution is 0.350. The van der Waals surface area contributed by atoms with Gasteiger partial charge in [0.25, 0.3) is 0 Å². The Morgan fingerprint density at radius 2 is 2.12 bits per heavy atom. The van der Waals surface area contributed by atoms with E-state index in [1.807, 2.05) is 19.1 Å². The molecule has 0 spiro atoms. The third-order valence-corrected chi connectivity index (χ3v) is 5.18. The molecule has 2 aromatic heterocycles. The van der Waals surface area contributed by atoms with E-state index in [2.05, 4.69) is 39.6 Å². The summed E-state index contributed by atoms with van der Waals surface area (Å²) < 4.78 is 7.58. The Balaban J connectivity index is 1.91. The molecule has 3 rings (SSSR count). The monoisotopic (exact) mass is 345 g/mol. The van der Waals surface area contributed by atoms with Crippen LogP contribution in [0.5, 0.6) is 0 Å². The normalized spacial score (nSPS) is 22.3. The number of piperidine rings is 1. The second-order valence-electron chi connectivity index (χ2n) is 6.69. The highest BCUT2D eigenvalue weighted by Crippen LogP contribution is 2.30. The van der Waals surface area contributed by atoms with Crippen LogP contribution in [0.15, 0.2) is 28.0 Å². The van der Waals surface area contributed by atoms with Gasteiger partial charge in [0.15, 0.2) is 5.16 Å². The van der Waals surface area contributed by atoms with Gasteiger partial charge in [0.2, 0.25) is 5.95 Å². The largest absolute Gasteiger partial charge is 0.467 e. The van der Waals surface area contributed by atoms with Crippen LogP contribution < -0.4 is 4.90 Å². The van der Waals surface area contributed by atoms with Crippen molar-refractivity contribution in [1.29, 1.82) is 5.26 Å². The molecule has 6 nitrogen and oxygen atoms in total. The lowest BCUT2D eigenvalue weighted by Gasteiger charge is -2.35. The number of nitrogens with zero attached hydrogens (tertiary/aromatic N) is 5. The van der Waals surface area contributed by atoms with Crippen molar-refractivity contribution in [2.75, 3.05) is 18.0 Å². The Kier molecular flexibility index (Phi) is 5.14. The van der Waals surface area contributed by atoms with Crippen molar-refractivity contribution in [3.05, 3.63) is 24.2 Å². The van der Waals surface area contributed by atoms with Gasteiger partial charge in [-0.05, 0) is 37.3 Å². The van der Waals surface area contributed by atoms with Gasteiger partial charge in [0.05, 0.1) is 24.1 Å². The highest BCUT2D eigenvalue weighted by atomic mass is 32.2. The predicted molar refractivity (Wildman–Crippen MR) is 93.9 cm³/mol. The maximum absolute atomic E-state index is 9.11. The van der Waals surface area contributed by atoms with Crippen LogP contribution in [-0.4, -0.2) is 33.1 Å². The van der Waals surface area contributed by atoms with Gasteiger partial charge in [0, 0.05) is 13.1 Å². The Morgan fingerprint density at radius 1 is 1.38 bits per heavy atom. The van der Waals surface area contributed by atoms with Gasteiger partial charge in [0.1, 0.15) is 5.76 Å². The molecule has 0 N–H and O–H groups in total. The second-order valence-corrected chi connectivity index (χ2v) is 8.00. The summed E-state index contributed by atoms with van der Waals surface area (Å²) in [5, 5.41) is 18.5. The van der Waals surface area contributed by atoms with Crippen LogP contribution in [-0.2, 0) is 6.54 Å². The van der Waals surface area contributed by atoms with Crippen LogP contribution in [0.3, 0.4) is 0 Å². The van der Waals surface area contributed by atoms with Crippen molar-refractivity contribution >= 4 is 17.7 Å². The number of hydrogen-bond acceptors (Lipinski definition) is 6. The van der Waals surface area contributed by atoms with Gasteiger partial charge in [-0.2, -0.15) is 5.26 Å². The highest BCUT2D eigenvalue weighted by molar-refractivity contribution is 8.00. The number of thioether (sulfide) groups is 1. The number of rotatable bonds is 5. The summed E-state index contributed by atoms with van der Waals surface area (Å²) in [5.74, 6) is 3.01.